The van der Waals surface area contributed by atoms with Crippen LogP contribution in [0.15, 0.2) is 29.3 Å². The Hall–Kier alpha value is -2.37. The molecule has 0 bridgehead atoms. The van der Waals surface area contributed by atoms with E-state index in [0.717, 1.165) is 5.69 Å². The summed E-state index contributed by atoms with van der Waals surface area (Å²) in [5, 5.41) is 0. The van der Waals surface area contributed by atoms with Gasteiger partial charge in [-0.25, -0.2) is 0 Å². The molecule has 0 radical (unpaired) electrons. The van der Waals surface area contributed by atoms with E-state index in [0.29, 0.717) is 44.2 Å². The molecule has 2 heterocycles. The van der Waals surface area contributed by atoms with Gasteiger partial charge >= 0.3 is 5.97 Å². The monoisotopic (exact) mass is 287 g/mol. The number of hydrogen-bond donors (Lipinski definition) is 0. The molecule has 21 heavy (non-hydrogen) atoms. The number of rotatable bonds is 4. The lowest BCUT2D eigenvalue weighted by Crippen LogP contribution is -2.50. The van der Waals surface area contributed by atoms with Crippen LogP contribution in [-0.4, -0.2) is 49.0 Å². The number of hydrogen-bond acceptors (Lipinski definition) is 5. The highest BCUT2D eigenvalue weighted by Crippen LogP contribution is 2.30. The lowest BCUT2D eigenvalue weighted by atomic mass is 10.1. The number of carbonyl (C=O) groups excluding carboxylic acids is 2. The lowest BCUT2D eigenvalue weighted by molar-refractivity contribution is -0.140. The van der Waals surface area contributed by atoms with Crippen molar-refractivity contribution in [1.29, 1.82) is 0 Å². The summed E-state index contributed by atoms with van der Waals surface area (Å²) in [6.45, 7) is 3.69. The van der Waals surface area contributed by atoms with Crippen molar-refractivity contribution in [2.45, 2.75) is 13.3 Å². The number of para-hydroxylation sites is 1. The van der Waals surface area contributed by atoms with Crippen LogP contribution in [0, 0.1) is 0 Å². The van der Waals surface area contributed by atoms with E-state index >= 15 is 0 Å². The van der Waals surface area contributed by atoms with Gasteiger partial charge in [0.1, 0.15) is 0 Å². The molecule has 2 aliphatic rings. The predicted molar refractivity (Wildman–Crippen MR) is 78.4 cm³/mol. The molecule has 0 unspecified atom stereocenters. The third kappa shape index (κ3) is 2.49. The molecule has 2 aliphatic heterocycles. The number of nitrogens with zero attached hydrogens (tertiary/aromatic N) is 3. The fraction of sp³-hybridized carbons (Fsp3) is 0.400. The van der Waals surface area contributed by atoms with E-state index in [2.05, 4.69) is 4.99 Å². The number of aliphatic imine (C=N–C) groups is 1. The van der Waals surface area contributed by atoms with Crippen LogP contribution in [0.4, 0.5) is 5.69 Å². The van der Waals surface area contributed by atoms with Crippen molar-refractivity contribution in [1.82, 2.24) is 4.90 Å². The first-order valence-corrected chi connectivity index (χ1v) is 7.05. The molecule has 110 valence electrons. The molecule has 1 aromatic carbocycles. The van der Waals surface area contributed by atoms with Crippen molar-refractivity contribution >= 4 is 23.5 Å². The zero-order chi connectivity index (χ0) is 14.8. The van der Waals surface area contributed by atoms with Crippen LogP contribution in [0.3, 0.4) is 0 Å². The van der Waals surface area contributed by atoms with E-state index in [1.807, 2.05) is 29.2 Å². The molecule has 3 rings (SSSR count). The van der Waals surface area contributed by atoms with Gasteiger partial charge in [0.15, 0.2) is 0 Å². The number of esters is 1. The minimum atomic E-state index is -0.274. The molecule has 0 spiro atoms. The first-order chi connectivity index (χ1) is 10.2. The van der Waals surface area contributed by atoms with E-state index < -0.39 is 0 Å². The molecule has 6 nitrogen and oxygen atoms in total. The van der Waals surface area contributed by atoms with Crippen molar-refractivity contribution in [3.8, 4) is 0 Å². The highest BCUT2D eigenvalue weighted by Gasteiger charge is 2.36. The molecule has 0 aromatic heterocycles. The number of carbonyl (C=O) groups is 2. The maximum absolute atomic E-state index is 12.4. The number of anilines is 1. The van der Waals surface area contributed by atoms with Crippen molar-refractivity contribution in [3.05, 3.63) is 29.8 Å². The van der Waals surface area contributed by atoms with Gasteiger partial charge in [-0.05, 0) is 18.6 Å². The van der Waals surface area contributed by atoms with Crippen molar-refractivity contribution in [3.63, 3.8) is 0 Å². The molecular formula is C15H17N3O3. The maximum Gasteiger partial charge on any atom is 0.302 e. The smallest absolute Gasteiger partial charge is 0.302 e. The number of fused-ring (bicyclic) bond motifs is 2. The lowest BCUT2D eigenvalue weighted by Gasteiger charge is -2.35. The number of ether oxygens (including phenoxy) is 1. The average molecular weight is 287 g/mol. The minimum absolute atomic E-state index is 0.0121. The molecule has 0 N–H and O–H groups in total. The summed E-state index contributed by atoms with van der Waals surface area (Å²) in [4.78, 5) is 31.4. The summed E-state index contributed by atoms with van der Waals surface area (Å²) in [6.07, 6.45) is 0.689. The summed E-state index contributed by atoms with van der Waals surface area (Å²) >= 11 is 0. The summed E-state index contributed by atoms with van der Waals surface area (Å²) in [5.74, 6) is 0.448. The molecule has 0 saturated carbocycles. The molecule has 1 aromatic rings. The number of guanidine groups is 1. The molecule has 0 saturated heterocycles. The number of amides is 1. The van der Waals surface area contributed by atoms with Crippen LogP contribution in [0.1, 0.15) is 23.7 Å². The van der Waals surface area contributed by atoms with Crippen molar-refractivity contribution in [2.75, 3.05) is 31.1 Å². The van der Waals surface area contributed by atoms with E-state index in [1.165, 1.54) is 6.92 Å². The summed E-state index contributed by atoms with van der Waals surface area (Å²) in [6, 6.07) is 7.55. The Bertz CT molecular complexity index is 612. The highest BCUT2D eigenvalue weighted by atomic mass is 16.5. The van der Waals surface area contributed by atoms with E-state index in [1.54, 1.807) is 4.90 Å². The molecule has 0 fully saturated rings. The second-order valence-corrected chi connectivity index (χ2v) is 5.00. The van der Waals surface area contributed by atoms with Gasteiger partial charge in [0.05, 0.1) is 24.4 Å². The quantitative estimate of drug-likeness (QED) is 0.618. The predicted octanol–water partition coefficient (Wildman–Crippen LogP) is 1.27. The molecule has 0 aliphatic carbocycles. The Balaban J connectivity index is 1.82. The van der Waals surface area contributed by atoms with Gasteiger partial charge in [0.2, 0.25) is 5.96 Å². The van der Waals surface area contributed by atoms with Gasteiger partial charge in [-0.15, -0.1) is 0 Å². The number of benzene rings is 1. The Labute approximate surface area is 123 Å². The molecule has 6 heteroatoms. The van der Waals surface area contributed by atoms with Gasteiger partial charge < -0.3 is 9.64 Å². The van der Waals surface area contributed by atoms with Crippen LogP contribution in [-0.2, 0) is 9.53 Å². The SMILES string of the molecule is CC(=O)OCCCN1C2=NCCN2C(=O)c2ccccc21. The van der Waals surface area contributed by atoms with Crippen LogP contribution < -0.4 is 4.90 Å². The Morgan fingerprint density at radius 1 is 1.38 bits per heavy atom. The van der Waals surface area contributed by atoms with Gasteiger partial charge in [-0.1, -0.05) is 12.1 Å². The third-order valence-electron chi connectivity index (χ3n) is 3.56. The zero-order valence-corrected chi connectivity index (χ0v) is 11.9. The Kier molecular flexibility index (Phi) is 3.60. The van der Waals surface area contributed by atoms with Gasteiger partial charge in [-0.2, -0.15) is 0 Å². The van der Waals surface area contributed by atoms with E-state index in [9.17, 15) is 9.59 Å². The fourth-order valence-electron chi connectivity index (χ4n) is 2.66. The molecule has 0 atom stereocenters. The van der Waals surface area contributed by atoms with Crippen LogP contribution >= 0.6 is 0 Å². The topological polar surface area (TPSA) is 62.2 Å². The van der Waals surface area contributed by atoms with Gasteiger partial charge in [0.25, 0.3) is 5.91 Å². The van der Waals surface area contributed by atoms with Crippen molar-refractivity contribution in [2.24, 2.45) is 4.99 Å². The Morgan fingerprint density at radius 2 is 2.19 bits per heavy atom. The van der Waals surface area contributed by atoms with Crippen LogP contribution in [0.25, 0.3) is 0 Å². The van der Waals surface area contributed by atoms with Crippen LogP contribution in [0.2, 0.25) is 0 Å². The second-order valence-electron chi connectivity index (χ2n) is 5.00. The van der Waals surface area contributed by atoms with Crippen LogP contribution in [0.5, 0.6) is 0 Å². The third-order valence-corrected chi connectivity index (χ3v) is 3.56. The largest absolute Gasteiger partial charge is 0.466 e. The van der Waals surface area contributed by atoms with E-state index in [-0.39, 0.29) is 11.9 Å². The van der Waals surface area contributed by atoms with Gasteiger partial charge in [0, 0.05) is 20.0 Å². The first kappa shape index (κ1) is 13.6. The highest BCUT2D eigenvalue weighted by molar-refractivity contribution is 6.19. The van der Waals surface area contributed by atoms with Crippen molar-refractivity contribution < 1.29 is 14.3 Å². The zero-order valence-electron chi connectivity index (χ0n) is 11.9. The minimum Gasteiger partial charge on any atom is -0.466 e. The van der Waals surface area contributed by atoms with Gasteiger partial charge in [-0.3, -0.25) is 19.5 Å². The summed E-state index contributed by atoms with van der Waals surface area (Å²) < 4.78 is 4.97. The molecule has 1 amide bonds. The summed E-state index contributed by atoms with van der Waals surface area (Å²) in [5.41, 5.74) is 1.58. The normalized spacial score (nSPS) is 16.4. The summed E-state index contributed by atoms with van der Waals surface area (Å²) in [7, 11) is 0. The molecular weight excluding hydrogens is 270 g/mol. The standard InChI is InChI=1S/C15H17N3O3/c1-11(19)21-10-4-8-17-13-6-3-2-5-12(13)14(20)18-9-7-16-15(17)18/h2-3,5-6H,4,7-10H2,1H3. The second kappa shape index (κ2) is 5.55. The average Bonchev–Trinajstić information content (AvgIpc) is 2.96. The first-order valence-electron chi connectivity index (χ1n) is 7.05. The fourth-order valence-corrected chi connectivity index (χ4v) is 2.66. The van der Waals surface area contributed by atoms with E-state index in [4.69, 9.17) is 4.74 Å². The maximum atomic E-state index is 12.4. The Morgan fingerprint density at radius 3 is 3.00 bits per heavy atom.